The van der Waals surface area contributed by atoms with Gasteiger partial charge >= 0.3 is 0 Å². The Balaban J connectivity index is 2.12. The summed E-state index contributed by atoms with van der Waals surface area (Å²) < 4.78 is 5.27. The number of primary amides is 1. The van der Waals surface area contributed by atoms with Crippen molar-refractivity contribution in [3.8, 4) is 0 Å². The molecule has 3 N–H and O–H groups in total. The van der Waals surface area contributed by atoms with Gasteiger partial charge in [0.15, 0.2) is 0 Å². The number of nitrogens with two attached hydrogens (primary N) is 1. The minimum absolute atomic E-state index is 0.0753. The fraction of sp³-hybridized carbons (Fsp3) is 0.600. The van der Waals surface area contributed by atoms with Crippen LogP contribution in [0.3, 0.4) is 0 Å². The molecule has 1 aromatic rings. The first-order valence-corrected chi connectivity index (χ1v) is 7.92. The number of carbonyl (C=O) groups excluding carboxylic acids is 2. The second kappa shape index (κ2) is 7.23. The van der Waals surface area contributed by atoms with Crippen molar-refractivity contribution in [2.75, 3.05) is 19.8 Å². The Bertz CT molecular complexity index is 600. The topological polar surface area (TPSA) is 107 Å². The molecule has 1 aliphatic rings. The lowest BCUT2D eigenvalue weighted by molar-refractivity contribution is -0.132. The molecule has 0 spiro atoms. The van der Waals surface area contributed by atoms with Gasteiger partial charge < -0.3 is 15.8 Å². The van der Waals surface area contributed by atoms with Crippen molar-refractivity contribution in [2.24, 2.45) is 11.1 Å². The van der Waals surface area contributed by atoms with Crippen LogP contribution in [0.4, 0.5) is 0 Å². The van der Waals surface area contributed by atoms with E-state index < -0.39 is 17.2 Å². The number of rotatable bonds is 5. The number of carbonyl (C=O) groups is 2. The number of amides is 2. The van der Waals surface area contributed by atoms with E-state index in [4.69, 9.17) is 22.1 Å². The van der Waals surface area contributed by atoms with E-state index in [9.17, 15) is 9.59 Å². The molecular formula is C15H21ClN4O3. The number of aromatic nitrogens is 2. The minimum atomic E-state index is -0.783. The van der Waals surface area contributed by atoms with Crippen LogP contribution in [-0.2, 0) is 9.53 Å². The molecule has 0 saturated carbocycles. The van der Waals surface area contributed by atoms with Crippen molar-refractivity contribution in [1.29, 1.82) is 0 Å². The Morgan fingerprint density at radius 3 is 2.65 bits per heavy atom. The zero-order valence-corrected chi connectivity index (χ0v) is 14.0. The number of nitrogens with zero attached hydrogens (tertiary/aromatic N) is 2. The van der Waals surface area contributed by atoms with Crippen LogP contribution in [0.5, 0.6) is 0 Å². The Kier molecular flexibility index (Phi) is 5.54. The molecule has 0 radical (unpaired) electrons. The van der Waals surface area contributed by atoms with Crippen LogP contribution in [0.15, 0.2) is 6.20 Å². The number of hydrogen-bond acceptors (Lipinski definition) is 5. The van der Waals surface area contributed by atoms with Gasteiger partial charge in [-0.2, -0.15) is 0 Å². The summed E-state index contributed by atoms with van der Waals surface area (Å²) in [6.45, 7) is 4.89. The van der Waals surface area contributed by atoms with Gasteiger partial charge in [-0.1, -0.05) is 25.4 Å². The van der Waals surface area contributed by atoms with E-state index in [-0.39, 0.29) is 23.2 Å². The molecule has 23 heavy (non-hydrogen) atoms. The highest BCUT2D eigenvalue weighted by atomic mass is 35.5. The second-order valence-corrected chi connectivity index (χ2v) is 6.43. The molecule has 1 aromatic heterocycles. The van der Waals surface area contributed by atoms with Gasteiger partial charge in [0.1, 0.15) is 11.5 Å². The van der Waals surface area contributed by atoms with Crippen molar-refractivity contribution >= 4 is 23.4 Å². The summed E-state index contributed by atoms with van der Waals surface area (Å²) in [5.74, 6) is -0.259. The van der Waals surface area contributed by atoms with Crippen LogP contribution >= 0.6 is 11.6 Å². The average Bonchev–Trinajstić information content (AvgIpc) is 2.53. The average molecular weight is 341 g/mol. The maximum absolute atomic E-state index is 12.4. The SMILES string of the molecule is CC(C)c1ncc(Cl)c(C(=O)NCC2(C(N)=O)CCOCC2)n1. The molecule has 126 valence electrons. The van der Waals surface area contributed by atoms with Crippen LogP contribution in [0.25, 0.3) is 0 Å². The Hall–Kier alpha value is -1.73. The quantitative estimate of drug-likeness (QED) is 0.839. The third-order valence-corrected chi connectivity index (χ3v) is 4.33. The monoisotopic (exact) mass is 340 g/mol. The highest BCUT2D eigenvalue weighted by molar-refractivity contribution is 6.33. The molecule has 1 fully saturated rings. The molecule has 0 bridgehead atoms. The van der Waals surface area contributed by atoms with Crippen molar-refractivity contribution in [3.05, 3.63) is 22.7 Å². The maximum Gasteiger partial charge on any atom is 0.271 e. The minimum Gasteiger partial charge on any atom is -0.381 e. The summed E-state index contributed by atoms with van der Waals surface area (Å²) in [5.41, 5.74) is 4.85. The molecular weight excluding hydrogens is 320 g/mol. The van der Waals surface area contributed by atoms with E-state index in [0.29, 0.717) is 31.9 Å². The number of nitrogens with one attached hydrogen (secondary N) is 1. The van der Waals surface area contributed by atoms with Gasteiger partial charge in [0, 0.05) is 25.7 Å². The van der Waals surface area contributed by atoms with E-state index in [1.807, 2.05) is 13.8 Å². The predicted molar refractivity (Wildman–Crippen MR) is 85.1 cm³/mol. The highest BCUT2D eigenvalue weighted by Crippen LogP contribution is 2.29. The van der Waals surface area contributed by atoms with Gasteiger partial charge in [-0.15, -0.1) is 0 Å². The van der Waals surface area contributed by atoms with Crippen molar-refractivity contribution in [3.63, 3.8) is 0 Å². The molecule has 7 nitrogen and oxygen atoms in total. The molecule has 8 heteroatoms. The lowest BCUT2D eigenvalue weighted by Crippen LogP contribution is -2.49. The summed E-state index contributed by atoms with van der Waals surface area (Å²) in [6.07, 6.45) is 2.38. The normalized spacial score (nSPS) is 17.0. The molecule has 1 saturated heterocycles. The second-order valence-electron chi connectivity index (χ2n) is 6.02. The zero-order chi connectivity index (χ0) is 17.0. The standard InChI is InChI=1S/C15H21ClN4O3/c1-9(2)12-18-7-10(16)11(20-12)13(21)19-8-15(14(17)22)3-5-23-6-4-15/h7,9H,3-6,8H2,1-2H3,(H2,17,22)(H,19,21). The summed E-state index contributed by atoms with van der Waals surface area (Å²) in [6, 6.07) is 0. The molecule has 0 atom stereocenters. The van der Waals surface area contributed by atoms with Gasteiger partial charge in [-0.05, 0) is 12.8 Å². The largest absolute Gasteiger partial charge is 0.381 e. The van der Waals surface area contributed by atoms with E-state index in [0.717, 1.165) is 0 Å². The van der Waals surface area contributed by atoms with Crippen molar-refractivity contribution in [1.82, 2.24) is 15.3 Å². The summed E-state index contributed by atoms with van der Waals surface area (Å²) in [5, 5.41) is 2.90. The van der Waals surface area contributed by atoms with Gasteiger partial charge in [-0.25, -0.2) is 9.97 Å². The van der Waals surface area contributed by atoms with E-state index in [2.05, 4.69) is 15.3 Å². The number of halogens is 1. The fourth-order valence-electron chi connectivity index (χ4n) is 2.42. The number of hydrogen-bond donors (Lipinski definition) is 2. The molecule has 1 aliphatic heterocycles. The van der Waals surface area contributed by atoms with Gasteiger partial charge in [0.05, 0.1) is 16.6 Å². The first kappa shape index (κ1) is 17.6. The molecule has 2 heterocycles. The fourth-order valence-corrected chi connectivity index (χ4v) is 2.60. The molecule has 0 aromatic carbocycles. The van der Waals surface area contributed by atoms with Crippen molar-refractivity contribution in [2.45, 2.75) is 32.6 Å². The van der Waals surface area contributed by atoms with Gasteiger partial charge in [0.25, 0.3) is 5.91 Å². The van der Waals surface area contributed by atoms with Crippen LogP contribution in [0.1, 0.15) is 48.9 Å². The Morgan fingerprint density at radius 1 is 1.43 bits per heavy atom. The maximum atomic E-state index is 12.4. The predicted octanol–water partition coefficient (Wildman–Crippen LogP) is 1.27. The van der Waals surface area contributed by atoms with Crippen LogP contribution in [-0.4, -0.2) is 41.5 Å². The Labute approximate surface area is 140 Å². The summed E-state index contributed by atoms with van der Waals surface area (Å²) >= 11 is 6.02. The van der Waals surface area contributed by atoms with Crippen LogP contribution < -0.4 is 11.1 Å². The summed E-state index contributed by atoms with van der Waals surface area (Å²) in [7, 11) is 0. The van der Waals surface area contributed by atoms with Crippen LogP contribution in [0.2, 0.25) is 5.02 Å². The third-order valence-electron chi connectivity index (χ3n) is 4.05. The van der Waals surface area contributed by atoms with Crippen LogP contribution in [0, 0.1) is 5.41 Å². The number of ether oxygens (including phenoxy) is 1. The van der Waals surface area contributed by atoms with Gasteiger partial charge in [0.2, 0.25) is 5.91 Å². The molecule has 2 rings (SSSR count). The third kappa shape index (κ3) is 3.97. The molecule has 2 amide bonds. The van der Waals surface area contributed by atoms with E-state index in [1.165, 1.54) is 6.20 Å². The lowest BCUT2D eigenvalue weighted by atomic mass is 9.79. The first-order chi connectivity index (χ1) is 10.9. The van der Waals surface area contributed by atoms with E-state index >= 15 is 0 Å². The zero-order valence-electron chi connectivity index (χ0n) is 13.3. The summed E-state index contributed by atoms with van der Waals surface area (Å²) in [4.78, 5) is 32.5. The lowest BCUT2D eigenvalue weighted by Gasteiger charge is -2.34. The smallest absolute Gasteiger partial charge is 0.271 e. The molecule has 0 aliphatic carbocycles. The first-order valence-electron chi connectivity index (χ1n) is 7.54. The Morgan fingerprint density at radius 2 is 2.09 bits per heavy atom. The molecule has 0 unspecified atom stereocenters. The highest BCUT2D eigenvalue weighted by Gasteiger charge is 2.39. The van der Waals surface area contributed by atoms with Gasteiger partial charge in [-0.3, -0.25) is 9.59 Å². The van der Waals surface area contributed by atoms with Crippen molar-refractivity contribution < 1.29 is 14.3 Å². The van der Waals surface area contributed by atoms with E-state index in [1.54, 1.807) is 0 Å².